The van der Waals surface area contributed by atoms with Gasteiger partial charge in [-0.1, -0.05) is 18.2 Å². The summed E-state index contributed by atoms with van der Waals surface area (Å²) in [7, 11) is 0. The van der Waals surface area contributed by atoms with Crippen LogP contribution in [0.1, 0.15) is 19.8 Å². The summed E-state index contributed by atoms with van der Waals surface area (Å²) in [5.41, 5.74) is 0.698. The molecule has 0 bridgehead atoms. The van der Waals surface area contributed by atoms with E-state index in [2.05, 4.69) is 4.90 Å². The van der Waals surface area contributed by atoms with Crippen molar-refractivity contribution < 1.29 is 4.79 Å². The highest BCUT2D eigenvalue weighted by Crippen LogP contribution is 2.34. The van der Waals surface area contributed by atoms with E-state index in [0.717, 1.165) is 25.1 Å². The van der Waals surface area contributed by atoms with Crippen molar-refractivity contribution in [1.82, 2.24) is 0 Å². The molecule has 0 unspecified atom stereocenters. The lowest BCUT2D eigenvalue weighted by molar-refractivity contribution is -0.120. The molecule has 0 N–H and O–H groups in total. The van der Waals surface area contributed by atoms with Crippen molar-refractivity contribution in [2.75, 3.05) is 17.3 Å². The minimum absolute atomic E-state index is 0.0971. The van der Waals surface area contributed by atoms with Gasteiger partial charge in [-0.05, 0) is 31.9 Å². The van der Waals surface area contributed by atoms with Crippen molar-refractivity contribution >= 4 is 23.1 Å². The Morgan fingerprint density at radius 2 is 2.12 bits per heavy atom. The number of hydrogen-bond donors (Lipinski definition) is 0. The zero-order valence-electron chi connectivity index (χ0n) is 9.45. The number of para-hydroxylation sites is 1. The molecule has 0 spiro atoms. The monoisotopic (exact) mass is 237 g/mol. The highest BCUT2D eigenvalue weighted by Gasteiger charge is 2.42. The second-order valence-electron chi connectivity index (χ2n) is 4.42. The fourth-order valence-corrected chi connectivity index (χ4v) is 2.71. The third-order valence-electron chi connectivity index (χ3n) is 3.43. The lowest BCUT2D eigenvalue weighted by Gasteiger charge is -2.35. The van der Waals surface area contributed by atoms with Crippen LogP contribution in [-0.2, 0) is 4.79 Å². The molecule has 1 heterocycles. The summed E-state index contributed by atoms with van der Waals surface area (Å²) >= 11 is 5.70. The molecule has 1 aromatic rings. The molecule has 0 radical (unpaired) electrons. The number of halogens is 1. The molecule has 0 aliphatic carbocycles. The maximum Gasteiger partial charge on any atom is 0.172 e. The van der Waals surface area contributed by atoms with Crippen LogP contribution in [0.15, 0.2) is 30.3 Å². The third-order valence-corrected chi connectivity index (χ3v) is 3.67. The van der Waals surface area contributed by atoms with Crippen LogP contribution in [0, 0.1) is 0 Å². The molecule has 3 heteroatoms. The maximum absolute atomic E-state index is 11.9. The minimum Gasteiger partial charge on any atom is -0.359 e. The summed E-state index contributed by atoms with van der Waals surface area (Å²) in [5.74, 6) is 0.218. The molecule has 86 valence electrons. The predicted molar refractivity (Wildman–Crippen MR) is 67.2 cm³/mol. The summed E-state index contributed by atoms with van der Waals surface area (Å²) in [6.45, 7) is 2.93. The highest BCUT2D eigenvalue weighted by molar-refractivity contribution is 6.29. The van der Waals surface area contributed by atoms with Gasteiger partial charge in [0.25, 0.3) is 0 Å². The average Bonchev–Trinajstić information content (AvgIpc) is 2.72. The minimum atomic E-state index is -0.414. The average molecular weight is 238 g/mol. The van der Waals surface area contributed by atoms with Crippen molar-refractivity contribution in [2.45, 2.75) is 25.3 Å². The SMILES string of the molecule is C[C@]1(C(=O)CCl)CCCN1c1ccccc1. The van der Waals surface area contributed by atoms with Gasteiger partial charge in [0.2, 0.25) is 0 Å². The van der Waals surface area contributed by atoms with Crippen LogP contribution >= 0.6 is 11.6 Å². The second-order valence-corrected chi connectivity index (χ2v) is 4.69. The van der Waals surface area contributed by atoms with Crippen LogP contribution in [0.5, 0.6) is 0 Å². The van der Waals surface area contributed by atoms with Gasteiger partial charge in [0.15, 0.2) is 5.78 Å². The summed E-state index contributed by atoms with van der Waals surface area (Å²) < 4.78 is 0. The van der Waals surface area contributed by atoms with Gasteiger partial charge in [-0.2, -0.15) is 0 Å². The van der Waals surface area contributed by atoms with Crippen molar-refractivity contribution in [2.24, 2.45) is 0 Å². The van der Waals surface area contributed by atoms with Gasteiger partial charge in [0, 0.05) is 12.2 Å². The molecule has 1 aliphatic heterocycles. The summed E-state index contributed by atoms with van der Waals surface area (Å²) in [6.07, 6.45) is 1.95. The van der Waals surface area contributed by atoms with E-state index in [4.69, 9.17) is 11.6 Å². The first-order valence-electron chi connectivity index (χ1n) is 5.60. The van der Waals surface area contributed by atoms with Gasteiger partial charge in [0.1, 0.15) is 0 Å². The number of rotatable bonds is 3. The van der Waals surface area contributed by atoms with Crippen LogP contribution in [0.2, 0.25) is 0 Å². The van der Waals surface area contributed by atoms with Crippen LogP contribution in [0.25, 0.3) is 0 Å². The Kier molecular flexibility index (Phi) is 3.20. The number of Topliss-reactive ketones (excluding diaryl/α,β-unsaturated/α-hetero) is 1. The molecule has 1 aliphatic rings. The van der Waals surface area contributed by atoms with Crippen molar-refractivity contribution in [3.63, 3.8) is 0 Å². The van der Waals surface area contributed by atoms with Gasteiger partial charge in [0.05, 0.1) is 11.4 Å². The van der Waals surface area contributed by atoms with Gasteiger partial charge >= 0.3 is 0 Å². The quantitative estimate of drug-likeness (QED) is 0.754. The number of anilines is 1. The Morgan fingerprint density at radius 3 is 2.75 bits per heavy atom. The molecule has 0 amide bonds. The second kappa shape index (κ2) is 4.46. The van der Waals surface area contributed by atoms with Crippen molar-refractivity contribution in [1.29, 1.82) is 0 Å². The van der Waals surface area contributed by atoms with Gasteiger partial charge in [-0.3, -0.25) is 4.79 Å². The van der Waals surface area contributed by atoms with E-state index in [1.807, 2.05) is 37.3 Å². The molecular formula is C13H16ClNO. The van der Waals surface area contributed by atoms with Crippen LogP contribution in [0.3, 0.4) is 0 Å². The first kappa shape index (κ1) is 11.5. The standard InChI is InChI=1S/C13H16ClNO/c1-13(12(16)10-14)8-5-9-15(13)11-6-3-2-4-7-11/h2-4,6-7H,5,8-10H2,1H3/t13-/m1/s1. The Hall–Kier alpha value is -1.02. The normalized spacial score (nSPS) is 24.8. The Morgan fingerprint density at radius 1 is 1.44 bits per heavy atom. The zero-order chi connectivity index (χ0) is 11.6. The third kappa shape index (κ3) is 1.82. The molecule has 1 fully saturated rings. The van der Waals surface area contributed by atoms with Gasteiger partial charge < -0.3 is 4.90 Å². The lowest BCUT2D eigenvalue weighted by atomic mass is 9.93. The first-order chi connectivity index (χ1) is 7.68. The molecule has 2 nitrogen and oxygen atoms in total. The number of benzene rings is 1. The van der Waals surface area contributed by atoms with Crippen LogP contribution < -0.4 is 4.90 Å². The smallest absolute Gasteiger partial charge is 0.172 e. The Labute approximate surface area is 101 Å². The van der Waals surface area contributed by atoms with Crippen molar-refractivity contribution in [3.05, 3.63) is 30.3 Å². The summed E-state index contributed by atoms with van der Waals surface area (Å²) in [5, 5.41) is 0. The van der Waals surface area contributed by atoms with E-state index in [-0.39, 0.29) is 11.7 Å². The topological polar surface area (TPSA) is 20.3 Å². The molecule has 0 aromatic heterocycles. The number of carbonyl (C=O) groups excluding carboxylic acids is 1. The Balaban J connectivity index is 2.31. The number of alkyl halides is 1. The van der Waals surface area contributed by atoms with E-state index in [1.54, 1.807) is 0 Å². The van der Waals surface area contributed by atoms with Crippen LogP contribution in [0.4, 0.5) is 5.69 Å². The first-order valence-corrected chi connectivity index (χ1v) is 6.14. The van der Waals surface area contributed by atoms with Gasteiger partial charge in [-0.15, -0.1) is 11.6 Å². The number of ketones is 1. The largest absolute Gasteiger partial charge is 0.359 e. The zero-order valence-corrected chi connectivity index (χ0v) is 10.2. The molecule has 1 atom stereocenters. The molecule has 0 saturated carbocycles. The number of nitrogens with zero attached hydrogens (tertiary/aromatic N) is 1. The van der Waals surface area contributed by atoms with Gasteiger partial charge in [-0.25, -0.2) is 0 Å². The van der Waals surface area contributed by atoms with E-state index in [1.165, 1.54) is 0 Å². The molecule has 1 saturated heterocycles. The molecule has 2 rings (SSSR count). The number of hydrogen-bond acceptors (Lipinski definition) is 2. The lowest BCUT2D eigenvalue weighted by Crippen LogP contribution is -2.48. The van der Waals surface area contributed by atoms with E-state index >= 15 is 0 Å². The molecular weight excluding hydrogens is 222 g/mol. The van der Waals surface area contributed by atoms with E-state index < -0.39 is 5.54 Å². The molecule has 1 aromatic carbocycles. The fourth-order valence-electron chi connectivity index (χ4n) is 2.42. The molecule has 16 heavy (non-hydrogen) atoms. The summed E-state index contributed by atoms with van der Waals surface area (Å²) in [4.78, 5) is 14.1. The Bertz CT molecular complexity index is 379. The van der Waals surface area contributed by atoms with Crippen LogP contribution in [-0.4, -0.2) is 23.7 Å². The summed E-state index contributed by atoms with van der Waals surface area (Å²) in [6, 6.07) is 10.1. The van der Waals surface area contributed by atoms with E-state index in [0.29, 0.717) is 0 Å². The maximum atomic E-state index is 11.9. The number of carbonyl (C=O) groups is 1. The van der Waals surface area contributed by atoms with Crippen molar-refractivity contribution in [3.8, 4) is 0 Å². The predicted octanol–water partition coefficient (Wildman–Crippen LogP) is 2.85. The van der Waals surface area contributed by atoms with E-state index in [9.17, 15) is 4.79 Å². The fraction of sp³-hybridized carbons (Fsp3) is 0.462. The highest BCUT2D eigenvalue weighted by atomic mass is 35.5.